The van der Waals surface area contributed by atoms with Crippen molar-refractivity contribution in [2.24, 2.45) is 0 Å². The Morgan fingerprint density at radius 2 is 2.08 bits per heavy atom. The van der Waals surface area contributed by atoms with Crippen molar-refractivity contribution in [1.29, 1.82) is 0 Å². The molecule has 0 amide bonds. The van der Waals surface area contributed by atoms with E-state index in [0.29, 0.717) is 11.6 Å². The van der Waals surface area contributed by atoms with Crippen LogP contribution in [0.2, 0.25) is 0 Å². The highest BCUT2D eigenvalue weighted by molar-refractivity contribution is 5.38. The molecule has 0 fully saturated rings. The molecule has 0 spiro atoms. The molecule has 0 saturated carbocycles. The third-order valence-corrected chi connectivity index (χ3v) is 1.66. The third kappa shape index (κ3) is 1.17. The maximum atomic E-state index is 5.55. The Kier molecular flexibility index (Phi) is 2.42. The molecule has 0 aliphatic rings. The smallest absolute Gasteiger partial charge is 0.277 e. The lowest BCUT2D eigenvalue weighted by molar-refractivity contribution is 0.345. The summed E-state index contributed by atoms with van der Waals surface area (Å²) < 4.78 is 10.1. The van der Waals surface area contributed by atoms with Crippen LogP contribution in [0.1, 0.15) is 12.6 Å². The van der Waals surface area contributed by atoms with Crippen molar-refractivity contribution >= 4 is 0 Å². The summed E-state index contributed by atoms with van der Waals surface area (Å²) in [4.78, 5) is 1.28. The minimum atomic E-state index is 0.428. The SMILES string of the molecule is CCc1c(OC)c(OC)nn1N. The number of nitrogens with zero attached hydrogens (tertiary/aromatic N) is 2. The van der Waals surface area contributed by atoms with Crippen LogP contribution in [0, 0.1) is 0 Å². The Morgan fingerprint density at radius 3 is 2.50 bits per heavy atom. The molecule has 0 radical (unpaired) electrons. The highest BCUT2D eigenvalue weighted by Crippen LogP contribution is 2.28. The first kappa shape index (κ1) is 8.70. The monoisotopic (exact) mass is 171 g/mol. The average molecular weight is 171 g/mol. The zero-order valence-electron chi connectivity index (χ0n) is 7.50. The van der Waals surface area contributed by atoms with Gasteiger partial charge in [0.05, 0.1) is 14.2 Å². The lowest BCUT2D eigenvalue weighted by Gasteiger charge is -2.00. The van der Waals surface area contributed by atoms with E-state index in [1.807, 2.05) is 6.92 Å². The molecule has 0 saturated heterocycles. The fraction of sp³-hybridized carbons (Fsp3) is 0.571. The Hall–Kier alpha value is -1.39. The largest absolute Gasteiger partial charge is 0.490 e. The van der Waals surface area contributed by atoms with Crippen molar-refractivity contribution < 1.29 is 9.47 Å². The maximum absolute atomic E-state index is 5.55. The van der Waals surface area contributed by atoms with Crippen LogP contribution in [-0.2, 0) is 6.42 Å². The second-order valence-electron chi connectivity index (χ2n) is 2.29. The summed E-state index contributed by atoms with van der Waals surface area (Å²) in [5.41, 5.74) is 0.828. The fourth-order valence-corrected chi connectivity index (χ4v) is 1.09. The molecular weight excluding hydrogens is 158 g/mol. The van der Waals surface area contributed by atoms with E-state index in [1.54, 1.807) is 7.11 Å². The predicted octanol–water partition coefficient (Wildman–Crippen LogP) is 0.176. The van der Waals surface area contributed by atoms with Crippen molar-refractivity contribution in [3.05, 3.63) is 5.69 Å². The normalized spacial score (nSPS) is 9.92. The zero-order valence-corrected chi connectivity index (χ0v) is 7.50. The average Bonchev–Trinajstić information content (AvgIpc) is 2.40. The van der Waals surface area contributed by atoms with Crippen LogP contribution in [0.15, 0.2) is 0 Å². The third-order valence-electron chi connectivity index (χ3n) is 1.66. The van der Waals surface area contributed by atoms with Gasteiger partial charge < -0.3 is 15.3 Å². The number of rotatable bonds is 3. The summed E-state index contributed by atoms with van der Waals surface area (Å²) in [6.07, 6.45) is 0.760. The van der Waals surface area contributed by atoms with Gasteiger partial charge in [-0.25, -0.2) is 0 Å². The Morgan fingerprint density at radius 1 is 1.42 bits per heavy atom. The highest BCUT2D eigenvalue weighted by Gasteiger charge is 2.15. The Balaban J connectivity index is 3.16. The molecule has 2 N–H and O–H groups in total. The van der Waals surface area contributed by atoms with Gasteiger partial charge >= 0.3 is 0 Å². The molecule has 12 heavy (non-hydrogen) atoms. The fourth-order valence-electron chi connectivity index (χ4n) is 1.09. The molecule has 1 rings (SSSR count). The summed E-state index contributed by atoms with van der Waals surface area (Å²) >= 11 is 0. The molecule has 1 heterocycles. The summed E-state index contributed by atoms with van der Waals surface area (Å²) in [6.45, 7) is 1.97. The number of aromatic nitrogens is 2. The van der Waals surface area contributed by atoms with Crippen molar-refractivity contribution in [2.45, 2.75) is 13.3 Å². The lowest BCUT2D eigenvalue weighted by Crippen LogP contribution is -2.13. The van der Waals surface area contributed by atoms with Gasteiger partial charge in [-0.05, 0) is 6.42 Å². The first-order chi connectivity index (χ1) is 5.74. The molecule has 0 aliphatic carbocycles. The van der Waals surface area contributed by atoms with Crippen LogP contribution in [0.5, 0.6) is 11.6 Å². The van der Waals surface area contributed by atoms with Gasteiger partial charge in [0.1, 0.15) is 5.69 Å². The first-order valence-corrected chi connectivity index (χ1v) is 3.69. The topological polar surface area (TPSA) is 62.3 Å². The van der Waals surface area contributed by atoms with Gasteiger partial charge in [-0.2, -0.15) is 4.79 Å². The number of methoxy groups -OCH3 is 2. The summed E-state index contributed by atoms with van der Waals surface area (Å²) in [5, 5.41) is 3.92. The zero-order chi connectivity index (χ0) is 9.14. The number of nitrogen functional groups attached to an aromatic ring is 1. The minimum absolute atomic E-state index is 0.428. The maximum Gasteiger partial charge on any atom is 0.277 e. The molecule has 0 unspecified atom stereocenters. The molecule has 68 valence electrons. The van der Waals surface area contributed by atoms with Gasteiger partial charge in [-0.1, -0.05) is 6.92 Å². The molecule has 1 aromatic heterocycles. The van der Waals surface area contributed by atoms with Gasteiger partial charge in [-0.3, -0.25) is 0 Å². The van der Waals surface area contributed by atoms with E-state index in [-0.39, 0.29) is 0 Å². The summed E-state index contributed by atoms with van der Waals surface area (Å²) in [5.74, 6) is 6.59. The second-order valence-corrected chi connectivity index (χ2v) is 2.29. The quantitative estimate of drug-likeness (QED) is 0.659. The minimum Gasteiger partial charge on any atom is -0.490 e. The summed E-state index contributed by atoms with van der Waals surface area (Å²) in [7, 11) is 3.10. The molecule has 0 atom stereocenters. The van der Waals surface area contributed by atoms with Gasteiger partial charge in [0, 0.05) is 0 Å². The van der Waals surface area contributed by atoms with E-state index in [4.69, 9.17) is 15.3 Å². The van der Waals surface area contributed by atoms with E-state index in [1.165, 1.54) is 11.9 Å². The second kappa shape index (κ2) is 3.34. The molecule has 1 aromatic rings. The highest BCUT2D eigenvalue weighted by atomic mass is 16.5. The molecule has 5 nitrogen and oxygen atoms in total. The molecule has 5 heteroatoms. The number of nitrogens with two attached hydrogens (primary N) is 1. The number of ether oxygens (including phenoxy) is 2. The van der Waals surface area contributed by atoms with Crippen LogP contribution < -0.4 is 15.3 Å². The van der Waals surface area contributed by atoms with Gasteiger partial charge in [-0.15, -0.1) is 5.10 Å². The molecular formula is C7H13N3O2. The number of hydrogen-bond acceptors (Lipinski definition) is 4. The van der Waals surface area contributed by atoms with E-state index < -0.39 is 0 Å². The van der Waals surface area contributed by atoms with Crippen molar-refractivity contribution in [3.8, 4) is 11.6 Å². The van der Waals surface area contributed by atoms with Crippen LogP contribution in [0.4, 0.5) is 0 Å². The predicted molar refractivity (Wildman–Crippen MR) is 44.9 cm³/mol. The van der Waals surface area contributed by atoms with Crippen LogP contribution in [-0.4, -0.2) is 24.1 Å². The van der Waals surface area contributed by atoms with E-state index in [0.717, 1.165) is 12.1 Å². The molecule has 0 aromatic carbocycles. The van der Waals surface area contributed by atoms with Crippen molar-refractivity contribution in [1.82, 2.24) is 9.89 Å². The van der Waals surface area contributed by atoms with E-state index in [2.05, 4.69) is 5.10 Å². The van der Waals surface area contributed by atoms with E-state index >= 15 is 0 Å². The van der Waals surface area contributed by atoms with Gasteiger partial charge in [0.2, 0.25) is 5.75 Å². The summed E-state index contributed by atoms with van der Waals surface area (Å²) in [6, 6.07) is 0. The Bertz CT molecular complexity index is 270. The molecule has 0 aliphatic heterocycles. The standard InChI is InChI=1S/C7H13N3O2/c1-4-5-6(11-2)7(12-3)9-10(5)8/h4,8H2,1-3H3. The van der Waals surface area contributed by atoms with Crippen molar-refractivity contribution in [3.63, 3.8) is 0 Å². The van der Waals surface area contributed by atoms with Crippen LogP contribution in [0.25, 0.3) is 0 Å². The first-order valence-electron chi connectivity index (χ1n) is 3.69. The van der Waals surface area contributed by atoms with Crippen LogP contribution in [0.3, 0.4) is 0 Å². The molecule has 0 bridgehead atoms. The lowest BCUT2D eigenvalue weighted by atomic mass is 10.3. The van der Waals surface area contributed by atoms with E-state index in [9.17, 15) is 0 Å². The van der Waals surface area contributed by atoms with Crippen molar-refractivity contribution in [2.75, 3.05) is 20.1 Å². The Labute approximate surface area is 71.0 Å². The van der Waals surface area contributed by atoms with Crippen LogP contribution >= 0.6 is 0 Å². The van der Waals surface area contributed by atoms with Gasteiger partial charge in [0.25, 0.3) is 5.88 Å². The van der Waals surface area contributed by atoms with Gasteiger partial charge in [0.15, 0.2) is 0 Å². The number of hydrogen-bond donors (Lipinski definition) is 1.